The smallest absolute Gasteiger partial charge is 0.0431 e. The van der Waals surface area contributed by atoms with Crippen molar-refractivity contribution in [2.75, 3.05) is 5.33 Å². The molecule has 0 aromatic rings. The lowest BCUT2D eigenvalue weighted by molar-refractivity contribution is 0.766. The zero-order chi connectivity index (χ0) is 8.97. The number of nitrogens with zero attached hydrogens (tertiary/aromatic N) is 1. The van der Waals surface area contributed by atoms with Crippen molar-refractivity contribution in [2.45, 2.75) is 13.8 Å². The van der Waals surface area contributed by atoms with Gasteiger partial charge in [0.1, 0.15) is 0 Å². The molecule has 2 atom stereocenters. The Morgan fingerprint density at radius 1 is 1.50 bits per heavy atom. The fourth-order valence-electron chi connectivity index (χ4n) is 1.22. The Labute approximate surface area is 82.4 Å². The van der Waals surface area contributed by atoms with E-state index >= 15 is 0 Å². The zero-order valence-electron chi connectivity index (χ0n) is 7.50. The summed E-state index contributed by atoms with van der Waals surface area (Å²) in [5.41, 5.74) is 1.18. The first-order valence-corrected chi connectivity index (χ1v) is 5.34. The van der Waals surface area contributed by atoms with Gasteiger partial charge in [-0.3, -0.25) is 4.99 Å². The molecule has 0 fully saturated rings. The maximum Gasteiger partial charge on any atom is 0.0431 e. The molecule has 12 heavy (non-hydrogen) atoms. The molecule has 0 aromatic heterocycles. The first kappa shape index (κ1) is 9.72. The number of alkyl halides is 1. The highest BCUT2D eigenvalue weighted by Gasteiger charge is 2.09. The molecule has 0 aromatic carbocycles. The molecule has 0 saturated carbocycles. The lowest BCUT2D eigenvalue weighted by atomic mass is 9.96. The van der Waals surface area contributed by atoms with Crippen molar-refractivity contribution in [3.05, 3.63) is 23.9 Å². The summed E-state index contributed by atoms with van der Waals surface area (Å²) >= 11 is 3.32. The van der Waals surface area contributed by atoms with E-state index in [1.165, 1.54) is 5.70 Å². The monoisotopic (exact) mass is 227 g/mol. The standard InChI is InChI=1S/C10H14BrN/c1-8-3-4-9(2)10(7-8)12-6-5-11/h3-4,6-9H,5H2,1-2H3. The van der Waals surface area contributed by atoms with Crippen LogP contribution >= 0.6 is 15.9 Å². The Balaban J connectivity index is 2.67. The highest BCUT2D eigenvalue weighted by Crippen LogP contribution is 2.22. The van der Waals surface area contributed by atoms with Gasteiger partial charge in [0.25, 0.3) is 0 Å². The zero-order valence-corrected chi connectivity index (χ0v) is 9.08. The number of halogens is 1. The topological polar surface area (TPSA) is 12.4 Å². The van der Waals surface area contributed by atoms with Gasteiger partial charge in [0.15, 0.2) is 0 Å². The first-order valence-electron chi connectivity index (χ1n) is 4.22. The molecule has 0 radical (unpaired) electrons. The Kier molecular flexibility index (Phi) is 3.73. The van der Waals surface area contributed by atoms with Crippen LogP contribution < -0.4 is 0 Å². The summed E-state index contributed by atoms with van der Waals surface area (Å²) in [5, 5.41) is 0.829. The molecule has 1 aliphatic carbocycles. The number of rotatable bonds is 2. The Bertz CT molecular complexity index is 228. The number of hydrogen-bond acceptors (Lipinski definition) is 1. The van der Waals surface area contributed by atoms with Crippen LogP contribution in [-0.2, 0) is 0 Å². The third-order valence-corrected chi connectivity index (χ3v) is 2.20. The molecule has 66 valence electrons. The maximum atomic E-state index is 4.37. The molecule has 1 aliphatic rings. The van der Waals surface area contributed by atoms with E-state index < -0.39 is 0 Å². The molecule has 0 N–H and O–H groups in total. The molecule has 0 spiro atoms. The van der Waals surface area contributed by atoms with Crippen LogP contribution in [0.25, 0.3) is 0 Å². The number of allylic oxidation sites excluding steroid dienone is 3. The first-order chi connectivity index (χ1) is 5.74. The van der Waals surface area contributed by atoms with Crippen molar-refractivity contribution in [3.63, 3.8) is 0 Å². The highest BCUT2D eigenvalue weighted by atomic mass is 79.9. The fraction of sp³-hybridized carbons (Fsp3) is 0.500. The van der Waals surface area contributed by atoms with Crippen molar-refractivity contribution >= 4 is 22.1 Å². The summed E-state index contributed by atoms with van der Waals surface area (Å²) in [5.74, 6) is 1.00. The second kappa shape index (κ2) is 4.61. The van der Waals surface area contributed by atoms with Crippen LogP contribution in [0, 0.1) is 11.8 Å². The molecule has 0 saturated heterocycles. The van der Waals surface area contributed by atoms with Crippen LogP contribution in [0.1, 0.15) is 13.8 Å². The average Bonchev–Trinajstić information content (AvgIpc) is 2.07. The molecular formula is C10H14BrN. The van der Waals surface area contributed by atoms with Crippen LogP contribution in [0.2, 0.25) is 0 Å². The van der Waals surface area contributed by atoms with Crippen molar-refractivity contribution in [3.8, 4) is 0 Å². The van der Waals surface area contributed by atoms with Gasteiger partial charge in [0, 0.05) is 23.2 Å². The summed E-state index contributed by atoms with van der Waals surface area (Å²) in [4.78, 5) is 4.37. The molecule has 1 nitrogen and oxygen atoms in total. The van der Waals surface area contributed by atoms with Gasteiger partial charge in [-0.15, -0.1) is 0 Å². The summed E-state index contributed by atoms with van der Waals surface area (Å²) in [6, 6.07) is 0. The second-order valence-electron chi connectivity index (χ2n) is 3.09. The molecule has 2 unspecified atom stereocenters. The summed E-state index contributed by atoms with van der Waals surface area (Å²) in [6.07, 6.45) is 8.54. The van der Waals surface area contributed by atoms with E-state index in [2.05, 4.69) is 53.0 Å². The van der Waals surface area contributed by atoms with Gasteiger partial charge in [-0.2, -0.15) is 0 Å². The summed E-state index contributed by atoms with van der Waals surface area (Å²) in [6.45, 7) is 4.34. The minimum absolute atomic E-state index is 0.469. The van der Waals surface area contributed by atoms with Crippen LogP contribution in [0.15, 0.2) is 28.9 Å². The van der Waals surface area contributed by atoms with Crippen molar-refractivity contribution in [2.24, 2.45) is 16.8 Å². The van der Waals surface area contributed by atoms with Crippen LogP contribution in [0.3, 0.4) is 0 Å². The number of aliphatic imine (C=N–C) groups is 1. The lowest BCUT2D eigenvalue weighted by Gasteiger charge is -2.14. The third-order valence-electron chi connectivity index (χ3n) is 1.91. The quantitative estimate of drug-likeness (QED) is 0.391. The highest BCUT2D eigenvalue weighted by molar-refractivity contribution is 9.09. The Morgan fingerprint density at radius 3 is 2.92 bits per heavy atom. The van der Waals surface area contributed by atoms with E-state index in [0.717, 1.165) is 5.33 Å². The summed E-state index contributed by atoms with van der Waals surface area (Å²) in [7, 11) is 0. The van der Waals surface area contributed by atoms with Gasteiger partial charge in [-0.25, -0.2) is 0 Å². The minimum atomic E-state index is 0.469. The lowest BCUT2D eigenvalue weighted by Crippen LogP contribution is -2.02. The molecule has 0 amide bonds. The average molecular weight is 228 g/mol. The van der Waals surface area contributed by atoms with Crippen LogP contribution in [-0.4, -0.2) is 11.5 Å². The van der Waals surface area contributed by atoms with E-state index in [1.807, 2.05) is 6.21 Å². The van der Waals surface area contributed by atoms with E-state index in [9.17, 15) is 0 Å². The van der Waals surface area contributed by atoms with Gasteiger partial charge in [-0.1, -0.05) is 48.0 Å². The van der Waals surface area contributed by atoms with Gasteiger partial charge in [-0.05, 0) is 5.92 Å². The third kappa shape index (κ3) is 2.59. The molecule has 0 heterocycles. The van der Waals surface area contributed by atoms with Crippen LogP contribution in [0.5, 0.6) is 0 Å². The molecule has 0 aliphatic heterocycles. The van der Waals surface area contributed by atoms with E-state index in [1.54, 1.807) is 0 Å². The van der Waals surface area contributed by atoms with E-state index in [4.69, 9.17) is 0 Å². The molecule has 1 rings (SSSR count). The summed E-state index contributed by atoms with van der Waals surface area (Å²) < 4.78 is 0. The van der Waals surface area contributed by atoms with Crippen molar-refractivity contribution in [1.29, 1.82) is 0 Å². The van der Waals surface area contributed by atoms with Crippen LogP contribution in [0.4, 0.5) is 0 Å². The van der Waals surface area contributed by atoms with Crippen molar-refractivity contribution in [1.82, 2.24) is 0 Å². The van der Waals surface area contributed by atoms with E-state index in [-0.39, 0.29) is 0 Å². The van der Waals surface area contributed by atoms with Gasteiger partial charge in [0.2, 0.25) is 0 Å². The predicted molar refractivity (Wildman–Crippen MR) is 57.8 cm³/mol. The Morgan fingerprint density at radius 2 is 2.25 bits per heavy atom. The minimum Gasteiger partial charge on any atom is -0.264 e. The molecular weight excluding hydrogens is 214 g/mol. The van der Waals surface area contributed by atoms with Gasteiger partial charge in [0.05, 0.1) is 0 Å². The molecule has 0 bridgehead atoms. The van der Waals surface area contributed by atoms with Crippen molar-refractivity contribution < 1.29 is 0 Å². The SMILES string of the molecule is CC1C=CC(C)C(N=CCBr)=C1. The fourth-order valence-corrected chi connectivity index (χ4v) is 1.36. The molecule has 2 heteroatoms. The second-order valence-corrected chi connectivity index (χ2v) is 3.74. The maximum absolute atomic E-state index is 4.37. The predicted octanol–water partition coefficient (Wildman–Crippen LogP) is 3.18. The largest absolute Gasteiger partial charge is 0.264 e. The van der Waals surface area contributed by atoms with Gasteiger partial charge < -0.3 is 0 Å². The van der Waals surface area contributed by atoms with Gasteiger partial charge >= 0.3 is 0 Å². The Hall–Kier alpha value is -0.370. The number of hydrogen-bond donors (Lipinski definition) is 0. The van der Waals surface area contributed by atoms with E-state index in [0.29, 0.717) is 11.8 Å². The normalized spacial score (nSPS) is 29.4.